The smallest absolute Gasteiger partial charge is 0.406 e. The normalized spacial score (nSPS) is 19.8. The van der Waals surface area contributed by atoms with Gasteiger partial charge in [0, 0.05) is 69.6 Å². The maximum absolute atomic E-state index is 13.2. The van der Waals surface area contributed by atoms with Crippen molar-refractivity contribution in [2.75, 3.05) is 32.7 Å². The number of alkyl halides is 3. The van der Waals surface area contributed by atoms with Crippen molar-refractivity contribution >= 4 is 18.0 Å². The van der Waals surface area contributed by atoms with Gasteiger partial charge in [-0.1, -0.05) is 24.3 Å². The lowest BCUT2D eigenvalue weighted by atomic mass is 10.00. The summed E-state index contributed by atoms with van der Waals surface area (Å²) in [6.07, 6.45) is 3.63. The second-order valence-corrected chi connectivity index (χ2v) is 9.44. The molecule has 1 fully saturated rings. The number of carbonyl (C=O) groups excluding carboxylic acids is 2. The Bertz CT molecular complexity index is 1230. The van der Waals surface area contributed by atoms with Gasteiger partial charge < -0.3 is 19.4 Å². The first-order chi connectivity index (χ1) is 17.7. The number of aromatic nitrogens is 1. The lowest BCUT2D eigenvalue weighted by Gasteiger charge is -2.32. The van der Waals surface area contributed by atoms with Crippen LogP contribution in [0, 0.1) is 5.92 Å². The fourth-order valence-corrected chi connectivity index (χ4v) is 5.06. The average Bonchev–Trinajstić information content (AvgIpc) is 3.19. The van der Waals surface area contributed by atoms with Gasteiger partial charge in [-0.25, -0.2) is 4.79 Å². The summed E-state index contributed by atoms with van der Waals surface area (Å²) in [4.78, 5) is 35.9. The van der Waals surface area contributed by atoms with Crippen molar-refractivity contribution in [3.05, 3.63) is 77.1 Å². The highest BCUT2D eigenvalue weighted by atomic mass is 19.4. The molecular weight excluding hydrogens is 485 g/mol. The summed E-state index contributed by atoms with van der Waals surface area (Å²) >= 11 is 0. The third-order valence-corrected chi connectivity index (χ3v) is 7.01. The second-order valence-electron chi connectivity index (χ2n) is 9.44. The van der Waals surface area contributed by atoms with E-state index in [1.54, 1.807) is 17.2 Å². The maximum atomic E-state index is 13.2. The number of nitrogens with zero attached hydrogens (tertiary/aromatic N) is 4. The molecule has 3 amide bonds. The maximum Gasteiger partial charge on any atom is 0.573 e. The number of amides is 3. The van der Waals surface area contributed by atoms with Crippen LogP contribution in [0.4, 0.5) is 18.0 Å². The van der Waals surface area contributed by atoms with Crippen LogP contribution in [-0.2, 0) is 17.8 Å². The van der Waals surface area contributed by atoms with Gasteiger partial charge in [-0.15, -0.1) is 13.2 Å². The van der Waals surface area contributed by atoms with Gasteiger partial charge in [0.1, 0.15) is 5.75 Å². The number of halogens is 3. The van der Waals surface area contributed by atoms with Crippen LogP contribution in [0.3, 0.4) is 0 Å². The van der Waals surface area contributed by atoms with Crippen molar-refractivity contribution in [3.63, 3.8) is 0 Å². The Labute approximate surface area is 212 Å². The summed E-state index contributed by atoms with van der Waals surface area (Å²) < 4.78 is 40.8. The van der Waals surface area contributed by atoms with Crippen molar-refractivity contribution < 1.29 is 27.5 Å². The summed E-state index contributed by atoms with van der Waals surface area (Å²) in [7, 11) is 0. The minimum atomic E-state index is -4.74. The Balaban J connectivity index is 1.15. The number of carbonyl (C=O) groups is 2. The molecule has 3 aliphatic heterocycles. The minimum Gasteiger partial charge on any atom is -0.406 e. The molecule has 1 aromatic carbocycles. The van der Waals surface area contributed by atoms with E-state index < -0.39 is 6.36 Å². The van der Waals surface area contributed by atoms with Crippen LogP contribution in [0.25, 0.3) is 6.08 Å². The van der Waals surface area contributed by atoms with E-state index in [-0.39, 0.29) is 23.6 Å². The number of rotatable bonds is 3. The Hall–Kier alpha value is -3.82. The molecule has 3 aliphatic rings. The summed E-state index contributed by atoms with van der Waals surface area (Å²) in [5, 5.41) is 0. The Kier molecular flexibility index (Phi) is 6.90. The number of pyridine rings is 1. The van der Waals surface area contributed by atoms with E-state index in [0.29, 0.717) is 44.8 Å². The topological polar surface area (TPSA) is 66.0 Å². The molecule has 10 heteroatoms. The van der Waals surface area contributed by atoms with Crippen LogP contribution in [0.15, 0.2) is 60.3 Å². The molecule has 0 bridgehead atoms. The zero-order valence-corrected chi connectivity index (χ0v) is 20.2. The van der Waals surface area contributed by atoms with Crippen molar-refractivity contribution in [3.8, 4) is 5.75 Å². The molecule has 1 saturated heterocycles. The Morgan fingerprint density at radius 3 is 2.62 bits per heavy atom. The lowest BCUT2D eigenvalue weighted by molar-refractivity contribution is -0.274. The average molecular weight is 513 g/mol. The van der Waals surface area contributed by atoms with Crippen LogP contribution < -0.4 is 4.74 Å². The highest BCUT2D eigenvalue weighted by molar-refractivity contribution is 5.92. The van der Waals surface area contributed by atoms with Gasteiger partial charge in [0.05, 0.1) is 0 Å². The second kappa shape index (κ2) is 10.3. The van der Waals surface area contributed by atoms with Crippen molar-refractivity contribution in [1.29, 1.82) is 0 Å². The van der Waals surface area contributed by atoms with Crippen molar-refractivity contribution in [2.45, 2.75) is 25.7 Å². The third-order valence-electron chi connectivity index (χ3n) is 7.01. The summed E-state index contributed by atoms with van der Waals surface area (Å²) in [5.41, 5.74) is 3.94. The van der Waals surface area contributed by atoms with Crippen LogP contribution in [-0.4, -0.2) is 70.7 Å². The van der Waals surface area contributed by atoms with Gasteiger partial charge in [-0.05, 0) is 47.4 Å². The standard InChI is InChI=1S/C27H27F3N4O3/c28-27(29,30)37-23-6-3-19(4-7-23)5-8-25(35)32-13-9-20-16-34(17-21(20)10-14-32)26(36)33-15-11-24-22(18-33)2-1-12-31-24/h1-9,12,21H,10-11,13-18H2/t21-/m1/s1. The lowest BCUT2D eigenvalue weighted by Crippen LogP contribution is -2.44. The van der Waals surface area contributed by atoms with E-state index >= 15 is 0 Å². The number of hydrogen-bond acceptors (Lipinski definition) is 4. The molecule has 4 heterocycles. The van der Waals surface area contributed by atoms with E-state index in [4.69, 9.17) is 0 Å². The minimum absolute atomic E-state index is 0.0472. The largest absolute Gasteiger partial charge is 0.573 e. The molecule has 5 rings (SSSR count). The molecule has 0 saturated carbocycles. The van der Waals surface area contributed by atoms with Crippen molar-refractivity contribution in [2.24, 2.45) is 5.92 Å². The van der Waals surface area contributed by atoms with Gasteiger partial charge in [-0.2, -0.15) is 0 Å². The molecule has 0 N–H and O–H groups in total. The van der Waals surface area contributed by atoms with Crippen LogP contribution in [0.1, 0.15) is 23.2 Å². The first-order valence-corrected chi connectivity index (χ1v) is 12.2. The van der Waals surface area contributed by atoms with Crippen LogP contribution in [0.2, 0.25) is 0 Å². The molecule has 0 aliphatic carbocycles. The molecule has 1 atom stereocenters. The molecule has 7 nitrogen and oxygen atoms in total. The summed E-state index contributed by atoms with van der Waals surface area (Å²) in [6, 6.07) is 9.31. The van der Waals surface area contributed by atoms with Gasteiger partial charge >= 0.3 is 12.4 Å². The van der Waals surface area contributed by atoms with E-state index in [1.165, 1.54) is 35.9 Å². The van der Waals surface area contributed by atoms with E-state index in [9.17, 15) is 22.8 Å². The van der Waals surface area contributed by atoms with E-state index in [0.717, 1.165) is 24.1 Å². The Morgan fingerprint density at radius 1 is 1.03 bits per heavy atom. The molecule has 0 radical (unpaired) electrons. The predicted molar refractivity (Wildman–Crippen MR) is 130 cm³/mol. The number of likely N-dealkylation sites (tertiary alicyclic amines) is 1. The zero-order valence-electron chi connectivity index (χ0n) is 20.2. The van der Waals surface area contributed by atoms with Crippen LogP contribution in [0.5, 0.6) is 5.75 Å². The molecule has 37 heavy (non-hydrogen) atoms. The van der Waals surface area contributed by atoms with Gasteiger partial charge in [-0.3, -0.25) is 9.78 Å². The molecule has 2 aromatic rings. The number of hydrogen-bond donors (Lipinski definition) is 0. The molecule has 0 spiro atoms. The van der Waals surface area contributed by atoms with E-state index in [2.05, 4.69) is 15.8 Å². The summed E-state index contributed by atoms with van der Waals surface area (Å²) in [5.74, 6) is -0.247. The predicted octanol–water partition coefficient (Wildman–Crippen LogP) is 4.26. The van der Waals surface area contributed by atoms with Gasteiger partial charge in [0.15, 0.2) is 0 Å². The summed E-state index contributed by atoms with van der Waals surface area (Å²) in [6.45, 7) is 3.48. The fourth-order valence-electron chi connectivity index (χ4n) is 5.06. The molecule has 1 aromatic heterocycles. The number of ether oxygens (including phenoxy) is 1. The third kappa shape index (κ3) is 5.95. The van der Waals surface area contributed by atoms with E-state index in [1.807, 2.05) is 21.9 Å². The zero-order chi connectivity index (χ0) is 26.0. The highest BCUT2D eigenvalue weighted by Crippen LogP contribution is 2.30. The number of fused-ring (bicyclic) bond motifs is 2. The van der Waals surface area contributed by atoms with Gasteiger partial charge in [0.25, 0.3) is 0 Å². The fraction of sp³-hybridized carbons (Fsp3) is 0.370. The number of benzene rings is 1. The number of urea groups is 1. The first-order valence-electron chi connectivity index (χ1n) is 12.2. The van der Waals surface area contributed by atoms with Crippen molar-refractivity contribution in [1.82, 2.24) is 19.7 Å². The molecular formula is C27H27F3N4O3. The molecule has 194 valence electrons. The molecule has 0 unspecified atom stereocenters. The van der Waals surface area contributed by atoms with Gasteiger partial charge in [0.2, 0.25) is 5.91 Å². The monoisotopic (exact) mass is 512 g/mol. The quantitative estimate of drug-likeness (QED) is 0.455. The Morgan fingerprint density at radius 2 is 1.84 bits per heavy atom. The first kappa shape index (κ1) is 24.9. The highest BCUT2D eigenvalue weighted by Gasteiger charge is 2.35. The SMILES string of the molecule is O=C(C=Cc1ccc(OC(F)(F)F)cc1)N1CC=C2CN(C(=O)N3CCc4ncccc4C3)C[C@H]2CC1. The van der Waals surface area contributed by atoms with Crippen LogP contribution >= 0.6 is 0 Å².